The first-order valence-corrected chi connectivity index (χ1v) is 8.01. The molecule has 0 radical (unpaired) electrons. The maximum Gasteiger partial charge on any atom is 0.131 e. The molecule has 0 saturated carbocycles. The van der Waals surface area contributed by atoms with Gasteiger partial charge in [0.2, 0.25) is 0 Å². The lowest BCUT2D eigenvalue weighted by molar-refractivity contribution is 0.484. The van der Waals surface area contributed by atoms with Crippen molar-refractivity contribution < 1.29 is 0 Å². The van der Waals surface area contributed by atoms with E-state index in [-0.39, 0.29) is 0 Å². The van der Waals surface area contributed by atoms with Gasteiger partial charge in [-0.1, -0.05) is 22.6 Å². The van der Waals surface area contributed by atoms with Gasteiger partial charge in [-0.25, -0.2) is 0 Å². The Morgan fingerprint density at radius 3 is 1.60 bits per heavy atom. The fourth-order valence-electron chi connectivity index (χ4n) is 2.47. The molecule has 0 bridgehead atoms. The molecular weight excluding hydrogens is 316 g/mol. The van der Waals surface area contributed by atoms with Crippen molar-refractivity contribution in [3.8, 4) is 22.8 Å². The molecule has 0 aliphatic rings. The molecule has 0 N–H and O–H groups in total. The SMILES string of the molecule is c1ccc(-c2cn(CCCn3cc(-c4ccccn4)nn3)nn2)nc1. The van der Waals surface area contributed by atoms with Gasteiger partial charge in [0.1, 0.15) is 11.4 Å². The molecule has 0 aromatic carbocycles. The minimum atomic E-state index is 0.749. The third kappa shape index (κ3) is 3.57. The first-order valence-electron chi connectivity index (χ1n) is 8.01. The third-order valence-corrected chi connectivity index (χ3v) is 3.71. The summed E-state index contributed by atoms with van der Waals surface area (Å²) in [4.78, 5) is 8.56. The molecule has 4 heterocycles. The molecular formula is C17H16N8. The van der Waals surface area contributed by atoms with E-state index in [2.05, 4.69) is 30.6 Å². The fourth-order valence-corrected chi connectivity index (χ4v) is 2.47. The summed E-state index contributed by atoms with van der Waals surface area (Å²) >= 11 is 0. The summed E-state index contributed by atoms with van der Waals surface area (Å²) in [6, 6.07) is 11.5. The van der Waals surface area contributed by atoms with Gasteiger partial charge in [-0.2, -0.15) is 0 Å². The largest absolute Gasteiger partial charge is 0.254 e. The number of nitrogens with zero attached hydrogens (tertiary/aromatic N) is 8. The Labute approximate surface area is 144 Å². The van der Waals surface area contributed by atoms with E-state index in [9.17, 15) is 0 Å². The van der Waals surface area contributed by atoms with E-state index in [1.54, 1.807) is 12.4 Å². The minimum Gasteiger partial charge on any atom is -0.254 e. The second-order valence-electron chi connectivity index (χ2n) is 5.52. The minimum absolute atomic E-state index is 0.749. The number of hydrogen-bond donors (Lipinski definition) is 0. The van der Waals surface area contributed by atoms with Crippen molar-refractivity contribution in [2.45, 2.75) is 19.5 Å². The quantitative estimate of drug-likeness (QED) is 0.537. The molecule has 4 aromatic rings. The van der Waals surface area contributed by atoms with Gasteiger partial charge in [-0.15, -0.1) is 10.2 Å². The first-order chi connectivity index (χ1) is 12.4. The average Bonchev–Trinajstić information content (AvgIpc) is 3.33. The Hall–Kier alpha value is -3.42. The van der Waals surface area contributed by atoms with Gasteiger partial charge < -0.3 is 0 Å². The summed E-state index contributed by atoms with van der Waals surface area (Å²) in [5, 5.41) is 16.6. The summed E-state index contributed by atoms with van der Waals surface area (Å²) in [7, 11) is 0. The molecule has 8 heteroatoms. The summed E-state index contributed by atoms with van der Waals surface area (Å²) < 4.78 is 3.64. The Morgan fingerprint density at radius 2 is 1.16 bits per heavy atom. The number of hydrogen-bond acceptors (Lipinski definition) is 6. The van der Waals surface area contributed by atoms with Gasteiger partial charge in [0.15, 0.2) is 0 Å². The van der Waals surface area contributed by atoms with Crippen molar-refractivity contribution in [1.82, 2.24) is 40.0 Å². The topological polar surface area (TPSA) is 87.2 Å². The van der Waals surface area contributed by atoms with Gasteiger partial charge in [-0.3, -0.25) is 19.3 Å². The molecule has 124 valence electrons. The second-order valence-corrected chi connectivity index (χ2v) is 5.52. The first kappa shape index (κ1) is 15.1. The second kappa shape index (κ2) is 7.00. The highest BCUT2D eigenvalue weighted by atomic mass is 15.4. The Morgan fingerprint density at radius 1 is 0.640 bits per heavy atom. The van der Waals surface area contributed by atoms with Gasteiger partial charge in [-0.05, 0) is 30.7 Å². The molecule has 0 fully saturated rings. The van der Waals surface area contributed by atoms with Crippen molar-refractivity contribution in [2.75, 3.05) is 0 Å². The molecule has 0 aliphatic heterocycles. The van der Waals surface area contributed by atoms with Gasteiger partial charge in [0.05, 0.1) is 23.8 Å². The van der Waals surface area contributed by atoms with Crippen LogP contribution in [0.2, 0.25) is 0 Å². The lowest BCUT2D eigenvalue weighted by atomic mass is 10.3. The third-order valence-electron chi connectivity index (χ3n) is 3.71. The zero-order chi connectivity index (χ0) is 16.9. The number of pyridine rings is 2. The maximum atomic E-state index is 4.28. The standard InChI is InChI=1S/C17H16N8/c1-3-8-18-14(6-1)16-12-24(22-20-16)10-5-11-25-13-17(21-23-25)15-7-2-4-9-19-15/h1-4,6-9,12-13H,5,10-11H2. The van der Waals surface area contributed by atoms with Crippen LogP contribution in [-0.4, -0.2) is 40.0 Å². The maximum absolute atomic E-state index is 4.28. The van der Waals surface area contributed by atoms with Crippen LogP contribution in [0.15, 0.2) is 61.2 Å². The van der Waals surface area contributed by atoms with Crippen LogP contribution < -0.4 is 0 Å². The zero-order valence-corrected chi connectivity index (χ0v) is 13.5. The highest BCUT2D eigenvalue weighted by molar-refractivity contribution is 5.51. The van der Waals surface area contributed by atoms with E-state index in [0.29, 0.717) is 0 Å². The van der Waals surface area contributed by atoms with Crippen LogP contribution in [0.3, 0.4) is 0 Å². The van der Waals surface area contributed by atoms with Gasteiger partial charge >= 0.3 is 0 Å². The predicted octanol–water partition coefficient (Wildman–Crippen LogP) is 2.08. The summed E-state index contributed by atoms with van der Waals surface area (Å²) in [5.74, 6) is 0. The highest BCUT2D eigenvalue weighted by Gasteiger charge is 2.06. The van der Waals surface area contributed by atoms with Crippen molar-refractivity contribution in [1.29, 1.82) is 0 Å². The lowest BCUT2D eigenvalue weighted by Gasteiger charge is -2.00. The molecule has 8 nitrogen and oxygen atoms in total. The zero-order valence-electron chi connectivity index (χ0n) is 13.5. The van der Waals surface area contributed by atoms with Crippen molar-refractivity contribution >= 4 is 0 Å². The van der Waals surface area contributed by atoms with Crippen LogP contribution in [-0.2, 0) is 13.1 Å². The van der Waals surface area contributed by atoms with E-state index < -0.39 is 0 Å². The Kier molecular flexibility index (Phi) is 4.23. The van der Waals surface area contributed by atoms with Crippen LogP contribution in [0.1, 0.15) is 6.42 Å². The molecule has 0 spiro atoms. The van der Waals surface area contributed by atoms with E-state index in [4.69, 9.17) is 0 Å². The summed E-state index contributed by atoms with van der Waals surface area (Å²) in [6.07, 6.45) is 8.18. The van der Waals surface area contributed by atoms with Crippen LogP contribution in [0.4, 0.5) is 0 Å². The number of aryl methyl sites for hydroxylation is 2. The van der Waals surface area contributed by atoms with E-state index in [1.807, 2.05) is 58.2 Å². The van der Waals surface area contributed by atoms with Crippen molar-refractivity contribution in [3.05, 3.63) is 61.2 Å². The number of rotatable bonds is 6. The molecule has 4 aromatic heterocycles. The van der Waals surface area contributed by atoms with E-state index >= 15 is 0 Å². The molecule has 0 unspecified atom stereocenters. The summed E-state index contributed by atoms with van der Waals surface area (Å²) in [5.41, 5.74) is 3.20. The van der Waals surface area contributed by atoms with E-state index in [0.717, 1.165) is 42.3 Å². The van der Waals surface area contributed by atoms with E-state index in [1.165, 1.54) is 0 Å². The molecule has 0 amide bonds. The van der Waals surface area contributed by atoms with Crippen molar-refractivity contribution in [3.63, 3.8) is 0 Å². The monoisotopic (exact) mass is 332 g/mol. The van der Waals surface area contributed by atoms with Crippen LogP contribution in [0.5, 0.6) is 0 Å². The van der Waals surface area contributed by atoms with Crippen molar-refractivity contribution in [2.24, 2.45) is 0 Å². The normalized spacial score (nSPS) is 10.9. The Balaban J connectivity index is 1.34. The molecule has 4 rings (SSSR count). The smallest absolute Gasteiger partial charge is 0.131 e. The van der Waals surface area contributed by atoms with Crippen LogP contribution in [0, 0.1) is 0 Å². The molecule has 25 heavy (non-hydrogen) atoms. The molecule has 0 saturated heterocycles. The molecule has 0 atom stereocenters. The average molecular weight is 332 g/mol. The fraction of sp³-hybridized carbons (Fsp3) is 0.176. The number of aromatic nitrogens is 8. The van der Waals surface area contributed by atoms with Crippen LogP contribution >= 0.6 is 0 Å². The summed E-state index contributed by atoms with van der Waals surface area (Å²) in [6.45, 7) is 1.50. The Bertz CT molecular complexity index is 852. The van der Waals surface area contributed by atoms with Gasteiger partial charge in [0.25, 0.3) is 0 Å². The highest BCUT2D eigenvalue weighted by Crippen LogP contribution is 2.13. The van der Waals surface area contributed by atoms with Crippen LogP contribution in [0.25, 0.3) is 22.8 Å². The predicted molar refractivity (Wildman–Crippen MR) is 91.1 cm³/mol. The molecule has 0 aliphatic carbocycles. The van der Waals surface area contributed by atoms with Gasteiger partial charge in [0, 0.05) is 25.5 Å². The lowest BCUT2D eigenvalue weighted by Crippen LogP contribution is -2.05.